The summed E-state index contributed by atoms with van der Waals surface area (Å²) in [6.07, 6.45) is 3.66. The van der Waals surface area contributed by atoms with Crippen molar-refractivity contribution >= 4 is 11.8 Å². The van der Waals surface area contributed by atoms with Gasteiger partial charge in [-0.15, -0.1) is 10.2 Å². The van der Waals surface area contributed by atoms with Gasteiger partial charge < -0.3 is 4.74 Å². The first kappa shape index (κ1) is 14.5. The molecule has 2 aromatic carbocycles. The van der Waals surface area contributed by atoms with Crippen molar-refractivity contribution in [3.63, 3.8) is 0 Å². The van der Waals surface area contributed by atoms with Gasteiger partial charge in [0.05, 0.1) is 6.20 Å². The van der Waals surface area contributed by atoms with E-state index in [4.69, 9.17) is 4.74 Å². The van der Waals surface area contributed by atoms with Gasteiger partial charge in [-0.1, -0.05) is 42.1 Å². The second kappa shape index (κ2) is 7.04. The highest BCUT2D eigenvalue weighted by Gasteiger charge is 2.03. The van der Waals surface area contributed by atoms with Crippen LogP contribution in [0.3, 0.4) is 0 Å². The molecule has 1 heterocycles. The van der Waals surface area contributed by atoms with Gasteiger partial charge in [0.2, 0.25) is 5.16 Å². The van der Waals surface area contributed by atoms with Gasteiger partial charge in [0.25, 0.3) is 0 Å². The summed E-state index contributed by atoms with van der Waals surface area (Å²) in [6, 6.07) is 17.9. The fourth-order valence-corrected chi connectivity index (χ4v) is 2.23. The predicted octanol–water partition coefficient (Wildman–Crippen LogP) is 3.84. The summed E-state index contributed by atoms with van der Waals surface area (Å²) in [7, 11) is 0. The first-order chi connectivity index (χ1) is 10.8. The summed E-state index contributed by atoms with van der Waals surface area (Å²) in [4.78, 5) is 4.23. The van der Waals surface area contributed by atoms with Gasteiger partial charge in [0.15, 0.2) is 0 Å². The number of thioether (sulfide) groups is 1. The third-order valence-corrected chi connectivity index (χ3v) is 3.67. The Bertz CT molecular complexity index is 715. The van der Waals surface area contributed by atoms with E-state index in [1.54, 1.807) is 6.20 Å². The molecular formula is C17H15N3OS. The highest BCUT2D eigenvalue weighted by atomic mass is 32.2. The molecule has 0 radical (unpaired) electrons. The van der Waals surface area contributed by atoms with Crippen LogP contribution >= 0.6 is 11.8 Å². The van der Waals surface area contributed by atoms with Crippen LogP contribution in [0.4, 0.5) is 0 Å². The largest absolute Gasteiger partial charge is 0.489 e. The highest BCUT2D eigenvalue weighted by Crippen LogP contribution is 2.21. The highest BCUT2D eigenvalue weighted by molar-refractivity contribution is 7.98. The average molecular weight is 309 g/mol. The summed E-state index contributed by atoms with van der Waals surface area (Å²) >= 11 is 1.47. The van der Waals surface area contributed by atoms with Crippen LogP contribution in [0.25, 0.3) is 11.3 Å². The monoisotopic (exact) mass is 309 g/mol. The van der Waals surface area contributed by atoms with Crippen molar-refractivity contribution in [2.24, 2.45) is 0 Å². The molecule has 0 atom stereocenters. The zero-order valence-electron chi connectivity index (χ0n) is 12.1. The number of ether oxygens (including phenoxy) is 1. The molecule has 110 valence electrons. The molecular weight excluding hydrogens is 294 g/mol. The minimum absolute atomic E-state index is 0.559. The van der Waals surface area contributed by atoms with Crippen LogP contribution in [-0.4, -0.2) is 21.4 Å². The van der Waals surface area contributed by atoms with E-state index in [9.17, 15) is 0 Å². The SMILES string of the molecule is CSc1ncc(-c2ccc(OCc3ccccc3)cc2)nn1. The lowest BCUT2D eigenvalue weighted by Gasteiger charge is -2.07. The van der Waals surface area contributed by atoms with Gasteiger partial charge in [-0.2, -0.15) is 0 Å². The molecule has 0 spiro atoms. The molecule has 0 aliphatic rings. The minimum Gasteiger partial charge on any atom is -0.489 e. The molecule has 0 saturated carbocycles. The van der Waals surface area contributed by atoms with E-state index in [2.05, 4.69) is 15.2 Å². The normalized spacial score (nSPS) is 10.4. The maximum atomic E-state index is 5.76. The van der Waals surface area contributed by atoms with E-state index >= 15 is 0 Å². The van der Waals surface area contributed by atoms with E-state index < -0.39 is 0 Å². The standard InChI is InChI=1S/C17H15N3OS/c1-22-17-18-11-16(19-20-17)14-7-9-15(10-8-14)21-12-13-5-3-2-4-6-13/h2-11H,12H2,1H3. The summed E-state index contributed by atoms with van der Waals surface area (Å²) in [5.74, 6) is 0.828. The van der Waals surface area contributed by atoms with E-state index in [0.29, 0.717) is 11.8 Å². The Morgan fingerprint density at radius 1 is 0.955 bits per heavy atom. The lowest BCUT2D eigenvalue weighted by Crippen LogP contribution is -1.95. The first-order valence-electron chi connectivity index (χ1n) is 6.86. The number of aromatic nitrogens is 3. The maximum absolute atomic E-state index is 5.76. The Morgan fingerprint density at radius 3 is 2.36 bits per heavy atom. The molecule has 4 nitrogen and oxygen atoms in total. The smallest absolute Gasteiger partial charge is 0.208 e. The number of hydrogen-bond acceptors (Lipinski definition) is 5. The molecule has 0 bridgehead atoms. The molecule has 0 aliphatic heterocycles. The van der Waals surface area contributed by atoms with Crippen molar-refractivity contribution in [2.45, 2.75) is 11.8 Å². The molecule has 0 amide bonds. The topological polar surface area (TPSA) is 47.9 Å². The van der Waals surface area contributed by atoms with Gasteiger partial charge in [-0.05, 0) is 36.1 Å². The number of nitrogens with zero attached hydrogens (tertiary/aromatic N) is 3. The van der Waals surface area contributed by atoms with Gasteiger partial charge in [0, 0.05) is 5.56 Å². The fourth-order valence-electron chi connectivity index (χ4n) is 1.95. The molecule has 0 saturated heterocycles. The molecule has 5 heteroatoms. The molecule has 0 unspecified atom stereocenters. The summed E-state index contributed by atoms with van der Waals surface area (Å²) in [5, 5.41) is 8.88. The summed E-state index contributed by atoms with van der Waals surface area (Å²) < 4.78 is 5.76. The van der Waals surface area contributed by atoms with Gasteiger partial charge in [0.1, 0.15) is 18.1 Å². The molecule has 3 aromatic rings. The Morgan fingerprint density at radius 2 is 1.73 bits per heavy atom. The van der Waals surface area contributed by atoms with Crippen molar-refractivity contribution in [3.05, 3.63) is 66.4 Å². The second-order valence-corrected chi connectivity index (χ2v) is 5.40. The van der Waals surface area contributed by atoms with E-state index in [1.165, 1.54) is 11.8 Å². The Hall–Kier alpha value is -2.40. The van der Waals surface area contributed by atoms with Crippen LogP contribution in [0.1, 0.15) is 5.56 Å². The molecule has 0 N–H and O–H groups in total. The minimum atomic E-state index is 0.559. The fraction of sp³-hybridized carbons (Fsp3) is 0.118. The van der Waals surface area contributed by atoms with Crippen LogP contribution in [0.2, 0.25) is 0 Å². The van der Waals surface area contributed by atoms with Gasteiger partial charge >= 0.3 is 0 Å². The lowest BCUT2D eigenvalue weighted by molar-refractivity contribution is 0.306. The quantitative estimate of drug-likeness (QED) is 0.670. The predicted molar refractivity (Wildman–Crippen MR) is 87.8 cm³/mol. The summed E-state index contributed by atoms with van der Waals surface area (Å²) in [5.41, 5.74) is 2.88. The molecule has 0 aliphatic carbocycles. The number of hydrogen-bond donors (Lipinski definition) is 0. The van der Waals surface area contributed by atoms with E-state index in [-0.39, 0.29) is 0 Å². The van der Waals surface area contributed by atoms with Crippen molar-refractivity contribution in [3.8, 4) is 17.0 Å². The van der Waals surface area contributed by atoms with Crippen molar-refractivity contribution in [1.29, 1.82) is 0 Å². The first-order valence-corrected chi connectivity index (χ1v) is 8.08. The van der Waals surface area contributed by atoms with Crippen LogP contribution in [0.5, 0.6) is 5.75 Å². The summed E-state index contributed by atoms with van der Waals surface area (Å²) in [6.45, 7) is 0.559. The Kier molecular flexibility index (Phi) is 4.65. The second-order valence-electron chi connectivity index (χ2n) is 4.63. The molecule has 22 heavy (non-hydrogen) atoms. The van der Waals surface area contributed by atoms with E-state index in [0.717, 1.165) is 22.6 Å². The van der Waals surface area contributed by atoms with Crippen molar-refractivity contribution < 1.29 is 4.74 Å². The maximum Gasteiger partial charge on any atom is 0.208 e. The Labute approximate surface area is 133 Å². The van der Waals surface area contributed by atoms with Crippen LogP contribution in [-0.2, 0) is 6.61 Å². The third kappa shape index (κ3) is 3.62. The zero-order valence-corrected chi connectivity index (χ0v) is 13.0. The zero-order chi connectivity index (χ0) is 15.2. The van der Waals surface area contributed by atoms with Crippen LogP contribution in [0, 0.1) is 0 Å². The van der Waals surface area contributed by atoms with E-state index in [1.807, 2.05) is 60.9 Å². The van der Waals surface area contributed by atoms with Gasteiger partial charge in [-0.3, -0.25) is 0 Å². The number of rotatable bonds is 5. The Balaban J connectivity index is 1.67. The van der Waals surface area contributed by atoms with Crippen molar-refractivity contribution in [1.82, 2.24) is 15.2 Å². The average Bonchev–Trinajstić information content (AvgIpc) is 2.61. The van der Waals surface area contributed by atoms with Crippen LogP contribution < -0.4 is 4.74 Å². The molecule has 0 fully saturated rings. The van der Waals surface area contributed by atoms with Crippen LogP contribution in [0.15, 0.2) is 66.0 Å². The van der Waals surface area contributed by atoms with Gasteiger partial charge in [-0.25, -0.2) is 4.98 Å². The number of benzene rings is 2. The van der Waals surface area contributed by atoms with Crippen molar-refractivity contribution in [2.75, 3.05) is 6.26 Å². The molecule has 3 rings (SSSR count). The third-order valence-electron chi connectivity index (χ3n) is 3.12. The molecule has 1 aromatic heterocycles. The lowest BCUT2D eigenvalue weighted by atomic mass is 10.1.